The number of amides is 1. The molecule has 2 rings (SSSR count). The van der Waals surface area contributed by atoms with Crippen molar-refractivity contribution in [2.75, 3.05) is 47.4 Å². The molecular formula is C22H41N5O2. The average Bonchev–Trinajstić information content (AvgIpc) is 3.16. The number of nitrogens with one attached hydrogen (secondary N) is 2. The Bertz CT molecular complexity index is 596. The van der Waals surface area contributed by atoms with Gasteiger partial charge in [-0.1, -0.05) is 13.8 Å². The molecule has 7 heteroatoms. The first-order chi connectivity index (χ1) is 14.0. The standard InChI is InChI=1S/C22H41N5O2/c1-17(2)15-27(21(28)10-13-29-5)20-8-6-18(7-9-20)22-19(14-24-25-22)16-26(4)12-11-23-3/h14,17-18,20,23H,6-13,15-16H2,1-5H3,(H,24,25)/t18-,20-. The predicted octanol–water partition coefficient (Wildman–Crippen LogP) is 2.61. The maximum Gasteiger partial charge on any atom is 0.225 e. The van der Waals surface area contributed by atoms with Gasteiger partial charge in [0.15, 0.2) is 0 Å². The van der Waals surface area contributed by atoms with E-state index in [1.807, 2.05) is 7.05 Å². The summed E-state index contributed by atoms with van der Waals surface area (Å²) in [5, 5.41) is 10.9. The summed E-state index contributed by atoms with van der Waals surface area (Å²) in [4.78, 5) is 17.2. The Hall–Kier alpha value is -1.44. The Balaban J connectivity index is 1.95. The number of nitrogens with zero attached hydrogens (tertiary/aromatic N) is 3. The summed E-state index contributed by atoms with van der Waals surface area (Å²) in [6.45, 7) is 8.62. The molecule has 1 heterocycles. The van der Waals surface area contributed by atoms with Crippen LogP contribution in [0.3, 0.4) is 0 Å². The molecule has 1 aromatic rings. The monoisotopic (exact) mass is 407 g/mol. The van der Waals surface area contributed by atoms with Crippen LogP contribution in [-0.4, -0.2) is 79.4 Å². The first kappa shape index (κ1) is 23.8. The summed E-state index contributed by atoms with van der Waals surface area (Å²) in [5.41, 5.74) is 2.53. The molecular weight excluding hydrogens is 366 g/mol. The van der Waals surface area contributed by atoms with Crippen LogP contribution >= 0.6 is 0 Å². The Morgan fingerprint density at radius 3 is 2.69 bits per heavy atom. The lowest BCUT2D eigenvalue weighted by atomic mass is 9.82. The number of rotatable bonds is 12. The van der Waals surface area contributed by atoms with E-state index in [1.165, 1.54) is 11.3 Å². The number of aromatic nitrogens is 2. The van der Waals surface area contributed by atoms with Crippen LogP contribution in [0.5, 0.6) is 0 Å². The van der Waals surface area contributed by atoms with Crippen molar-refractivity contribution in [1.82, 2.24) is 25.3 Å². The summed E-state index contributed by atoms with van der Waals surface area (Å²) in [6.07, 6.45) is 6.82. The Labute approximate surface area is 176 Å². The van der Waals surface area contributed by atoms with E-state index in [1.54, 1.807) is 7.11 Å². The quantitative estimate of drug-likeness (QED) is 0.557. The van der Waals surface area contributed by atoms with Crippen LogP contribution < -0.4 is 5.32 Å². The highest BCUT2D eigenvalue weighted by Crippen LogP contribution is 2.36. The number of ether oxygens (including phenoxy) is 1. The Kier molecular flexibility index (Phi) is 10.1. The maximum atomic E-state index is 12.7. The molecule has 1 aromatic heterocycles. The van der Waals surface area contributed by atoms with E-state index in [0.717, 1.165) is 51.9 Å². The highest BCUT2D eigenvalue weighted by molar-refractivity contribution is 5.76. The van der Waals surface area contributed by atoms with Gasteiger partial charge >= 0.3 is 0 Å². The maximum absolute atomic E-state index is 12.7. The SMILES string of the molecule is CNCCN(C)Cc1c[nH]nc1[C@H]1CC[C@H](N(CC(C)C)C(=O)CCOC)CC1. The number of carbonyl (C=O) groups excluding carboxylic acids is 1. The zero-order valence-corrected chi connectivity index (χ0v) is 19.0. The minimum Gasteiger partial charge on any atom is -0.384 e. The van der Waals surface area contributed by atoms with E-state index < -0.39 is 0 Å². The summed E-state index contributed by atoms with van der Waals surface area (Å²) in [6, 6.07) is 0.346. The number of hydrogen-bond donors (Lipinski definition) is 2. The van der Waals surface area contributed by atoms with Gasteiger partial charge in [-0.3, -0.25) is 9.89 Å². The van der Waals surface area contributed by atoms with Gasteiger partial charge in [-0.25, -0.2) is 0 Å². The van der Waals surface area contributed by atoms with Gasteiger partial charge in [0.05, 0.1) is 18.7 Å². The molecule has 0 spiro atoms. The third-order valence-corrected chi connectivity index (χ3v) is 5.86. The van der Waals surface area contributed by atoms with Crippen molar-refractivity contribution in [3.05, 3.63) is 17.5 Å². The lowest BCUT2D eigenvalue weighted by Gasteiger charge is -2.38. The lowest BCUT2D eigenvalue weighted by Crippen LogP contribution is -2.44. The summed E-state index contributed by atoms with van der Waals surface area (Å²) < 4.78 is 5.12. The summed E-state index contributed by atoms with van der Waals surface area (Å²) >= 11 is 0. The fourth-order valence-electron chi connectivity index (χ4n) is 4.32. The Morgan fingerprint density at radius 1 is 1.34 bits per heavy atom. The van der Waals surface area contributed by atoms with Crippen LogP contribution in [0.25, 0.3) is 0 Å². The molecule has 166 valence electrons. The van der Waals surface area contributed by atoms with Crippen LogP contribution in [0, 0.1) is 5.92 Å². The second-order valence-electron chi connectivity index (χ2n) is 8.83. The topological polar surface area (TPSA) is 73.5 Å². The van der Waals surface area contributed by atoms with E-state index in [4.69, 9.17) is 4.74 Å². The fourth-order valence-corrected chi connectivity index (χ4v) is 4.32. The first-order valence-electron chi connectivity index (χ1n) is 11.1. The van der Waals surface area contributed by atoms with Crippen molar-refractivity contribution >= 4 is 5.91 Å². The molecule has 0 aliphatic heterocycles. The number of aromatic amines is 1. The fraction of sp³-hybridized carbons (Fsp3) is 0.818. The molecule has 0 saturated heterocycles. The normalized spacial score (nSPS) is 19.8. The predicted molar refractivity (Wildman–Crippen MR) is 117 cm³/mol. The molecule has 1 saturated carbocycles. The highest BCUT2D eigenvalue weighted by atomic mass is 16.5. The number of likely N-dealkylation sites (N-methyl/N-ethyl adjacent to an activating group) is 2. The minimum absolute atomic E-state index is 0.232. The van der Waals surface area contributed by atoms with Gasteiger partial charge < -0.3 is 19.9 Å². The highest BCUT2D eigenvalue weighted by Gasteiger charge is 2.31. The van der Waals surface area contributed by atoms with E-state index in [-0.39, 0.29) is 5.91 Å². The zero-order chi connectivity index (χ0) is 21.2. The van der Waals surface area contributed by atoms with Crippen LogP contribution in [0.1, 0.15) is 63.1 Å². The first-order valence-corrected chi connectivity index (χ1v) is 11.1. The van der Waals surface area contributed by atoms with E-state index in [9.17, 15) is 4.79 Å². The number of hydrogen-bond acceptors (Lipinski definition) is 5. The van der Waals surface area contributed by atoms with Crippen molar-refractivity contribution in [3.63, 3.8) is 0 Å². The van der Waals surface area contributed by atoms with E-state index >= 15 is 0 Å². The smallest absolute Gasteiger partial charge is 0.225 e. The van der Waals surface area contributed by atoms with Crippen molar-refractivity contribution < 1.29 is 9.53 Å². The van der Waals surface area contributed by atoms with Crippen LogP contribution in [0.4, 0.5) is 0 Å². The van der Waals surface area contributed by atoms with Gasteiger partial charge in [0.2, 0.25) is 5.91 Å². The summed E-state index contributed by atoms with van der Waals surface area (Å²) in [7, 11) is 5.79. The van der Waals surface area contributed by atoms with Gasteiger partial charge in [-0.05, 0) is 45.7 Å². The Morgan fingerprint density at radius 2 is 2.07 bits per heavy atom. The van der Waals surface area contributed by atoms with Gasteiger partial charge in [-0.2, -0.15) is 5.10 Å². The lowest BCUT2D eigenvalue weighted by molar-refractivity contribution is -0.135. The van der Waals surface area contributed by atoms with Crippen molar-refractivity contribution in [2.24, 2.45) is 5.92 Å². The molecule has 0 radical (unpaired) electrons. The van der Waals surface area contributed by atoms with Crippen molar-refractivity contribution in [1.29, 1.82) is 0 Å². The molecule has 1 aliphatic carbocycles. The third-order valence-electron chi connectivity index (χ3n) is 5.86. The zero-order valence-electron chi connectivity index (χ0n) is 19.0. The molecule has 0 atom stereocenters. The minimum atomic E-state index is 0.232. The van der Waals surface area contributed by atoms with Crippen LogP contribution in [0.2, 0.25) is 0 Å². The number of methoxy groups -OCH3 is 1. The number of H-pyrrole nitrogens is 1. The molecule has 1 fully saturated rings. The van der Waals surface area contributed by atoms with Crippen molar-refractivity contribution in [3.8, 4) is 0 Å². The molecule has 0 aromatic carbocycles. The molecule has 7 nitrogen and oxygen atoms in total. The van der Waals surface area contributed by atoms with Gasteiger partial charge in [-0.15, -0.1) is 0 Å². The molecule has 29 heavy (non-hydrogen) atoms. The van der Waals surface area contributed by atoms with Crippen LogP contribution in [-0.2, 0) is 16.1 Å². The molecule has 1 aliphatic rings. The average molecular weight is 408 g/mol. The largest absolute Gasteiger partial charge is 0.384 e. The second kappa shape index (κ2) is 12.3. The van der Waals surface area contributed by atoms with E-state index in [2.05, 4.69) is 52.4 Å². The second-order valence-corrected chi connectivity index (χ2v) is 8.83. The van der Waals surface area contributed by atoms with Gasteiger partial charge in [0, 0.05) is 57.0 Å². The third kappa shape index (κ3) is 7.39. The molecule has 0 unspecified atom stereocenters. The van der Waals surface area contributed by atoms with Crippen molar-refractivity contribution in [2.45, 2.75) is 64.5 Å². The van der Waals surface area contributed by atoms with Gasteiger partial charge in [0.25, 0.3) is 0 Å². The van der Waals surface area contributed by atoms with Crippen LogP contribution in [0.15, 0.2) is 6.20 Å². The van der Waals surface area contributed by atoms with Gasteiger partial charge in [0.1, 0.15) is 0 Å². The molecule has 0 bridgehead atoms. The number of carbonyl (C=O) groups is 1. The van der Waals surface area contributed by atoms with E-state index in [0.29, 0.717) is 30.9 Å². The molecule has 1 amide bonds. The summed E-state index contributed by atoms with van der Waals surface area (Å²) in [5.74, 6) is 1.20. The molecule has 2 N–H and O–H groups in total.